The third-order valence-electron chi connectivity index (χ3n) is 2.95. The van der Waals surface area contributed by atoms with Crippen LogP contribution in [0.5, 0.6) is 5.75 Å². The molecule has 0 aliphatic rings. The van der Waals surface area contributed by atoms with Crippen molar-refractivity contribution in [2.75, 3.05) is 6.16 Å². The van der Waals surface area contributed by atoms with Crippen molar-refractivity contribution in [3.63, 3.8) is 0 Å². The van der Waals surface area contributed by atoms with E-state index >= 15 is 0 Å². The van der Waals surface area contributed by atoms with E-state index in [-0.39, 0.29) is 0 Å². The van der Waals surface area contributed by atoms with Crippen LogP contribution in [0.4, 0.5) is 0 Å². The second kappa shape index (κ2) is 6.58. The summed E-state index contributed by atoms with van der Waals surface area (Å²) in [7, 11) is -2.81. The second-order valence-electron chi connectivity index (χ2n) is 4.49. The Morgan fingerprint density at radius 2 is 1.53 bits per heavy atom. The highest BCUT2D eigenvalue weighted by molar-refractivity contribution is 7.67. The Hall–Kier alpha value is -1.53. The van der Waals surface area contributed by atoms with Crippen LogP contribution in [0.2, 0.25) is 0 Å². The van der Waals surface area contributed by atoms with Crippen LogP contribution in [-0.4, -0.2) is 6.16 Å². The molecule has 0 aliphatic carbocycles. The van der Waals surface area contributed by atoms with Crippen LogP contribution >= 0.6 is 7.37 Å². The van der Waals surface area contributed by atoms with E-state index < -0.39 is 7.37 Å². The molecule has 0 aliphatic heterocycles. The number of rotatable bonds is 6. The van der Waals surface area contributed by atoms with Gasteiger partial charge in [0.1, 0.15) is 5.75 Å². The normalized spacial score (nSPS) is 13.7. The molecule has 0 heterocycles. The lowest BCUT2D eigenvalue weighted by molar-refractivity contribution is 0.490. The Balaban J connectivity index is 2.27. The standard InChI is InChI=1S/C16H19O2P/c1-2-3-14-19(17,16-12-8-5-9-13-16)18-15-10-6-4-7-11-15/h4-13H,2-3,14H2,1H3. The van der Waals surface area contributed by atoms with Crippen molar-refractivity contribution in [2.24, 2.45) is 0 Å². The predicted molar refractivity (Wildman–Crippen MR) is 80.5 cm³/mol. The Bertz CT molecular complexity index is 537. The first-order valence-electron chi connectivity index (χ1n) is 6.64. The molecule has 100 valence electrons. The van der Waals surface area contributed by atoms with E-state index in [9.17, 15) is 4.57 Å². The van der Waals surface area contributed by atoms with E-state index in [0.29, 0.717) is 11.9 Å². The fourth-order valence-electron chi connectivity index (χ4n) is 1.90. The summed E-state index contributed by atoms with van der Waals surface area (Å²) in [6.45, 7) is 2.10. The molecule has 2 aromatic rings. The molecule has 0 fully saturated rings. The molecule has 0 saturated heterocycles. The zero-order valence-corrected chi connectivity index (χ0v) is 12.1. The molecule has 0 N–H and O–H groups in total. The van der Waals surface area contributed by atoms with Crippen LogP contribution in [0.25, 0.3) is 0 Å². The van der Waals surface area contributed by atoms with Gasteiger partial charge in [-0.1, -0.05) is 49.7 Å². The molecule has 2 rings (SSSR count). The lowest BCUT2D eigenvalue weighted by atomic mass is 10.3. The summed E-state index contributed by atoms with van der Waals surface area (Å²) in [5.74, 6) is 0.672. The van der Waals surface area contributed by atoms with E-state index in [1.54, 1.807) is 0 Å². The first kappa shape index (κ1) is 13.9. The van der Waals surface area contributed by atoms with Crippen molar-refractivity contribution in [2.45, 2.75) is 19.8 Å². The Labute approximate surface area is 114 Å². The summed E-state index contributed by atoms with van der Waals surface area (Å²) < 4.78 is 19.0. The maximum atomic E-state index is 13.1. The van der Waals surface area contributed by atoms with Gasteiger partial charge in [0.25, 0.3) is 7.37 Å². The van der Waals surface area contributed by atoms with Crippen molar-refractivity contribution < 1.29 is 9.09 Å². The molecular weight excluding hydrogens is 255 g/mol. The van der Waals surface area contributed by atoms with Crippen LogP contribution in [0.1, 0.15) is 19.8 Å². The minimum atomic E-state index is -2.81. The fraction of sp³-hybridized carbons (Fsp3) is 0.250. The topological polar surface area (TPSA) is 26.3 Å². The number of benzene rings is 2. The monoisotopic (exact) mass is 274 g/mol. The zero-order chi connectivity index (χ0) is 13.6. The predicted octanol–water partition coefficient (Wildman–Crippen LogP) is 4.47. The first-order chi connectivity index (χ1) is 9.24. The van der Waals surface area contributed by atoms with Crippen molar-refractivity contribution in [3.05, 3.63) is 60.7 Å². The summed E-state index contributed by atoms with van der Waals surface area (Å²) in [6, 6.07) is 18.9. The minimum absolute atomic E-state index is 0.586. The molecule has 0 radical (unpaired) electrons. The van der Waals surface area contributed by atoms with Gasteiger partial charge in [-0.05, 0) is 30.7 Å². The van der Waals surface area contributed by atoms with E-state index in [1.807, 2.05) is 60.7 Å². The molecule has 0 saturated carbocycles. The van der Waals surface area contributed by atoms with Gasteiger partial charge in [-0.25, -0.2) is 0 Å². The Morgan fingerprint density at radius 3 is 2.11 bits per heavy atom. The zero-order valence-electron chi connectivity index (χ0n) is 11.2. The van der Waals surface area contributed by atoms with Crippen LogP contribution in [-0.2, 0) is 4.57 Å². The van der Waals surface area contributed by atoms with Gasteiger partial charge in [0, 0.05) is 11.5 Å². The largest absolute Gasteiger partial charge is 0.440 e. The van der Waals surface area contributed by atoms with E-state index in [0.717, 1.165) is 18.1 Å². The number of para-hydroxylation sites is 1. The van der Waals surface area contributed by atoms with Crippen molar-refractivity contribution in [3.8, 4) is 5.75 Å². The summed E-state index contributed by atoms with van der Waals surface area (Å²) in [5, 5.41) is 0.798. The molecule has 19 heavy (non-hydrogen) atoms. The maximum Gasteiger partial charge on any atom is 0.277 e. The third kappa shape index (κ3) is 3.71. The summed E-state index contributed by atoms with van der Waals surface area (Å²) in [4.78, 5) is 0. The lowest BCUT2D eigenvalue weighted by Crippen LogP contribution is -2.12. The highest BCUT2D eigenvalue weighted by atomic mass is 31.2. The van der Waals surface area contributed by atoms with Crippen LogP contribution in [0, 0.1) is 0 Å². The molecule has 1 atom stereocenters. The summed E-state index contributed by atoms with van der Waals surface area (Å²) >= 11 is 0. The lowest BCUT2D eigenvalue weighted by Gasteiger charge is -2.19. The Morgan fingerprint density at radius 1 is 0.947 bits per heavy atom. The van der Waals surface area contributed by atoms with Crippen molar-refractivity contribution in [1.29, 1.82) is 0 Å². The van der Waals surface area contributed by atoms with Gasteiger partial charge >= 0.3 is 0 Å². The number of unbranched alkanes of at least 4 members (excludes halogenated alkanes) is 1. The number of hydrogen-bond donors (Lipinski definition) is 0. The highest BCUT2D eigenvalue weighted by Crippen LogP contribution is 2.46. The molecule has 0 bridgehead atoms. The average molecular weight is 274 g/mol. The minimum Gasteiger partial charge on any atom is -0.440 e. The maximum absolute atomic E-state index is 13.1. The SMILES string of the molecule is CCCCP(=O)(Oc1ccccc1)c1ccccc1. The van der Waals surface area contributed by atoms with Crippen LogP contribution in [0.3, 0.4) is 0 Å². The molecule has 1 unspecified atom stereocenters. The number of hydrogen-bond acceptors (Lipinski definition) is 2. The summed E-state index contributed by atoms with van der Waals surface area (Å²) in [5.41, 5.74) is 0. The molecule has 3 heteroatoms. The van der Waals surface area contributed by atoms with Gasteiger partial charge in [0.05, 0.1) is 0 Å². The van der Waals surface area contributed by atoms with Crippen molar-refractivity contribution >= 4 is 12.7 Å². The van der Waals surface area contributed by atoms with E-state index in [4.69, 9.17) is 4.52 Å². The highest BCUT2D eigenvalue weighted by Gasteiger charge is 2.26. The van der Waals surface area contributed by atoms with Crippen LogP contribution in [0.15, 0.2) is 60.7 Å². The molecule has 0 spiro atoms. The third-order valence-corrected chi connectivity index (χ3v) is 5.45. The van der Waals surface area contributed by atoms with Gasteiger partial charge in [-0.3, -0.25) is 4.57 Å². The molecule has 0 aromatic heterocycles. The van der Waals surface area contributed by atoms with Crippen LogP contribution < -0.4 is 9.83 Å². The summed E-state index contributed by atoms with van der Waals surface area (Å²) in [6.07, 6.45) is 2.50. The fourth-order valence-corrected chi connectivity index (χ4v) is 4.18. The van der Waals surface area contributed by atoms with E-state index in [1.165, 1.54) is 0 Å². The molecule has 0 amide bonds. The second-order valence-corrected chi connectivity index (χ2v) is 6.98. The Kier molecular flexibility index (Phi) is 4.81. The van der Waals surface area contributed by atoms with Gasteiger partial charge < -0.3 is 4.52 Å². The van der Waals surface area contributed by atoms with Gasteiger partial charge in [-0.2, -0.15) is 0 Å². The van der Waals surface area contributed by atoms with Gasteiger partial charge in [0.2, 0.25) is 0 Å². The molecule has 2 aromatic carbocycles. The molecular formula is C16H19O2P. The van der Waals surface area contributed by atoms with Crippen molar-refractivity contribution in [1.82, 2.24) is 0 Å². The molecule has 2 nitrogen and oxygen atoms in total. The average Bonchev–Trinajstić information content (AvgIpc) is 2.47. The first-order valence-corrected chi connectivity index (χ1v) is 8.45. The van der Waals surface area contributed by atoms with Gasteiger partial charge in [-0.15, -0.1) is 0 Å². The smallest absolute Gasteiger partial charge is 0.277 e. The van der Waals surface area contributed by atoms with E-state index in [2.05, 4.69) is 6.92 Å². The van der Waals surface area contributed by atoms with Gasteiger partial charge in [0.15, 0.2) is 0 Å². The quantitative estimate of drug-likeness (QED) is 0.726.